The molecule has 0 N–H and O–H groups in total. The van der Waals surface area contributed by atoms with Crippen LogP contribution < -0.4 is 0 Å². The fourth-order valence-electron chi connectivity index (χ4n) is 1.96. The van der Waals surface area contributed by atoms with Crippen molar-refractivity contribution < 1.29 is 14.0 Å². The number of allylic oxidation sites excluding steroid dienone is 1. The summed E-state index contributed by atoms with van der Waals surface area (Å²) in [7, 11) is 0. The van der Waals surface area contributed by atoms with Gasteiger partial charge in [0.2, 0.25) is 0 Å². The minimum absolute atomic E-state index is 0.0850. The average molecular weight is 326 g/mol. The summed E-state index contributed by atoms with van der Waals surface area (Å²) < 4.78 is 12.9. The van der Waals surface area contributed by atoms with E-state index in [0.717, 1.165) is 19.1 Å². The molecule has 0 bridgehead atoms. The maximum absolute atomic E-state index is 12.9. The monoisotopic (exact) mass is 326 g/mol. The molecule has 0 aliphatic carbocycles. The van der Waals surface area contributed by atoms with Gasteiger partial charge in [0.25, 0.3) is 0 Å². The third-order valence-electron chi connectivity index (χ3n) is 3.31. The van der Waals surface area contributed by atoms with Crippen LogP contribution >= 0.6 is 0 Å². The molecule has 0 aliphatic heterocycles. The van der Waals surface area contributed by atoms with Gasteiger partial charge in [0.05, 0.1) is 0 Å². The van der Waals surface area contributed by atoms with Crippen LogP contribution in [0.15, 0.2) is 54.6 Å². The van der Waals surface area contributed by atoms with Gasteiger partial charge in [-0.05, 0) is 50.5 Å². The third kappa shape index (κ3) is 8.18. The van der Waals surface area contributed by atoms with Crippen LogP contribution in [0.1, 0.15) is 36.5 Å². The van der Waals surface area contributed by atoms with Gasteiger partial charge in [0, 0.05) is 12.0 Å². The molecule has 0 saturated carbocycles. The third-order valence-corrected chi connectivity index (χ3v) is 3.31. The van der Waals surface area contributed by atoms with Crippen molar-refractivity contribution in [2.75, 3.05) is 0 Å². The highest BCUT2D eigenvalue weighted by molar-refractivity contribution is 5.91. The Balaban J connectivity index is 0.000000240. The molecule has 0 aromatic heterocycles. The van der Waals surface area contributed by atoms with Crippen molar-refractivity contribution in [3.05, 3.63) is 77.1 Å². The van der Waals surface area contributed by atoms with Crippen LogP contribution in [0.3, 0.4) is 0 Å². The van der Waals surface area contributed by atoms with Gasteiger partial charge in [-0.1, -0.05) is 48.0 Å². The highest BCUT2D eigenvalue weighted by Gasteiger charge is 1.94. The van der Waals surface area contributed by atoms with E-state index in [1.54, 1.807) is 18.2 Å². The zero-order valence-electron chi connectivity index (χ0n) is 14.2. The number of carbonyl (C=O) groups excluding carboxylic acids is 2. The maximum Gasteiger partial charge on any atom is 0.152 e. The van der Waals surface area contributed by atoms with Gasteiger partial charge >= 0.3 is 0 Å². The molecular weight excluding hydrogens is 303 g/mol. The van der Waals surface area contributed by atoms with Crippen LogP contribution in [0.4, 0.5) is 4.39 Å². The van der Waals surface area contributed by atoms with Crippen LogP contribution in [0.5, 0.6) is 0 Å². The minimum atomic E-state index is -0.310. The van der Waals surface area contributed by atoms with Crippen molar-refractivity contribution in [1.82, 2.24) is 0 Å². The summed E-state index contributed by atoms with van der Waals surface area (Å²) >= 11 is 0. The van der Waals surface area contributed by atoms with Crippen molar-refractivity contribution in [2.24, 2.45) is 0 Å². The highest BCUT2D eigenvalue weighted by atomic mass is 19.1. The van der Waals surface area contributed by atoms with Gasteiger partial charge in [-0.2, -0.15) is 0 Å². The molecule has 0 heterocycles. The van der Waals surface area contributed by atoms with E-state index >= 15 is 0 Å². The topological polar surface area (TPSA) is 34.1 Å². The summed E-state index contributed by atoms with van der Waals surface area (Å²) in [6.45, 7) is 3.51. The predicted molar refractivity (Wildman–Crippen MR) is 96.3 cm³/mol. The fraction of sp³-hybridized carbons (Fsp3) is 0.238. The fourth-order valence-corrected chi connectivity index (χ4v) is 1.96. The number of carbonyl (C=O) groups is 2. The molecule has 0 unspecified atom stereocenters. The van der Waals surface area contributed by atoms with Crippen LogP contribution in [0, 0.1) is 12.7 Å². The van der Waals surface area contributed by atoms with Gasteiger partial charge in [-0.3, -0.25) is 4.79 Å². The first-order chi connectivity index (χ1) is 11.5. The quantitative estimate of drug-likeness (QED) is 0.428. The number of aldehydes is 1. The Kier molecular flexibility index (Phi) is 8.98. The molecule has 2 nitrogen and oxygen atoms in total. The zero-order chi connectivity index (χ0) is 17.8. The molecule has 0 spiro atoms. The standard InChI is InChI=1S/C11H14O.C10H9FO/c1-10-5-7-11(8-6-10)4-2-3-9-12;1-8(12)6-7-9-4-2-3-5-10(9)11/h5-9H,2-4H2,1H3;2-7H,1H3/b;7-6+. The lowest BCUT2D eigenvalue weighted by molar-refractivity contribution is -0.112. The van der Waals surface area contributed by atoms with Crippen LogP contribution in [0.25, 0.3) is 6.08 Å². The van der Waals surface area contributed by atoms with Crippen LogP contribution in [-0.4, -0.2) is 12.1 Å². The Morgan fingerprint density at radius 2 is 1.75 bits per heavy atom. The Morgan fingerprint density at radius 3 is 2.33 bits per heavy atom. The number of hydrogen-bond donors (Lipinski definition) is 0. The lowest BCUT2D eigenvalue weighted by Crippen LogP contribution is -1.85. The molecule has 24 heavy (non-hydrogen) atoms. The van der Waals surface area contributed by atoms with E-state index in [1.807, 2.05) is 0 Å². The molecule has 2 aromatic carbocycles. The van der Waals surface area contributed by atoms with Crippen molar-refractivity contribution >= 4 is 18.1 Å². The van der Waals surface area contributed by atoms with Gasteiger partial charge in [0.15, 0.2) is 5.78 Å². The molecular formula is C21H23FO2. The second-order valence-electron chi connectivity index (χ2n) is 5.51. The number of ketones is 1. The Morgan fingerprint density at radius 1 is 1.08 bits per heavy atom. The lowest BCUT2D eigenvalue weighted by atomic mass is 10.1. The van der Waals surface area contributed by atoms with E-state index < -0.39 is 0 Å². The number of benzene rings is 2. The van der Waals surface area contributed by atoms with Gasteiger partial charge in [-0.25, -0.2) is 4.39 Å². The molecule has 126 valence electrons. The minimum Gasteiger partial charge on any atom is -0.303 e. The summed E-state index contributed by atoms with van der Waals surface area (Å²) in [4.78, 5) is 20.6. The molecule has 0 radical (unpaired) electrons. The Bertz CT molecular complexity index is 672. The first-order valence-electron chi connectivity index (χ1n) is 7.95. The van der Waals surface area contributed by atoms with Crippen molar-refractivity contribution in [3.8, 4) is 0 Å². The van der Waals surface area contributed by atoms with E-state index in [4.69, 9.17) is 0 Å². The number of halogens is 1. The second kappa shape index (κ2) is 11.1. The first kappa shape index (κ1) is 19.5. The van der Waals surface area contributed by atoms with Crippen LogP contribution in [-0.2, 0) is 16.0 Å². The average Bonchev–Trinajstić information content (AvgIpc) is 2.57. The SMILES string of the molecule is CC(=O)/C=C/c1ccccc1F.Cc1ccc(CCCC=O)cc1. The van der Waals surface area contributed by atoms with Crippen molar-refractivity contribution in [1.29, 1.82) is 0 Å². The largest absolute Gasteiger partial charge is 0.303 e. The van der Waals surface area contributed by atoms with E-state index in [0.29, 0.717) is 12.0 Å². The van der Waals surface area contributed by atoms with Gasteiger partial charge in [-0.15, -0.1) is 0 Å². The number of aryl methyl sites for hydroxylation is 2. The molecule has 3 heteroatoms. The molecule has 2 aromatic rings. The van der Waals surface area contributed by atoms with E-state index in [2.05, 4.69) is 31.2 Å². The van der Waals surface area contributed by atoms with Gasteiger partial charge < -0.3 is 4.79 Å². The summed E-state index contributed by atoms with van der Waals surface area (Å²) in [6, 6.07) is 14.8. The molecule has 0 fully saturated rings. The zero-order valence-corrected chi connectivity index (χ0v) is 14.2. The maximum atomic E-state index is 12.9. The number of hydrogen-bond acceptors (Lipinski definition) is 2. The smallest absolute Gasteiger partial charge is 0.152 e. The van der Waals surface area contributed by atoms with Gasteiger partial charge in [0.1, 0.15) is 12.1 Å². The summed E-state index contributed by atoms with van der Waals surface area (Å²) in [5.41, 5.74) is 3.05. The molecule has 0 saturated heterocycles. The van der Waals surface area contributed by atoms with Crippen molar-refractivity contribution in [2.45, 2.75) is 33.1 Å². The lowest BCUT2D eigenvalue weighted by Gasteiger charge is -1.98. The molecule has 0 amide bonds. The molecule has 2 rings (SSSR count). The summed E-state index contributed by atoms with van der Waals surface area (Å²) in [5, 5.41) is 0. The summed E-state index contributed by atoms with van der Waals surface area (Å²) in [6.07, 6.45) is 6.45. The van der Waals surface area contributed by atoms with E-state index in [9.17, 15) is 14.0 Å². The molecule has 0 atom stereocenters. The first-order valence-corrected chi connectivity index (χ1v) is 7.95. The van der Waals surface area contributed by atoms with E-state index in [-0.39, 0.29) is 11.6 Å². The summed E-state index contributed by atoms with van der Waals surface area (Å²) in [5.74, 6) is -0.395. The predicted octanol–water partition coefficient (Wildman–Crippen LogP) is 4.94. The van der Waals surface area contributed by atoms with Crippen LogP contribution in [0.2, 0.25) is 0 Å². The van der Waals surface area contributed by atoms with Crippen molar-refractivity contribution in [3.63, 3.8) is 0 Å². The van der Waals surface area contributed by atoms with E-state index in [1.165, 1.54) is 36.3 Å². The second-order valence-corrected chi connectivity index (χ2v) is 5.51. The highest BCUT2D eigenvalue weighted by Crippen LogP contribution is 2.08. The number of rotatable bonds is 6. The normalized spacial score (nSPS) is 10.1. The molecule has 0 aliphatic rings. The Labute approximate surface area is 143 Å². The number of unbranched alkanes of at least 4 members (excludes halogenated alkanes) is 1. The Hall–Kier alpha value is -2.55.